The topological polar surface area (TPSA) is 0 Å². The van der Waals surface area contributed by atoms with Gasteiger partial charge in [0.15, 0.2) is 0 Å². The van der Waals surface area contributed by atoms with Gasteiger partial charge in [-0.1, -0.05) is 90.7 Å². The first kappa shape index (κ1) is 15.3. The molecule has 0 aromatic heterocycles. The molecule has 0 radical (unpaired) electrons. The number of hydrogen-bond acceptors (Lipinski definition) is 0. The van der Waals surface area contributed by atoms with Crippen LogP contribution in [0.2, 0.25) is 31.7 Å². The predicted molar refractivity (Wildman–Crippen MR) is 103 cm³/mol. The van der Waals surface area contributed by atoms with Gasteiger partial charge in [0, 0.05) is 4.47 Å². The van der Waals surface area contributed by atoms with E-state index in [1.165, 1.54) is 10.0 Å². The standard InChI is InChI=1S/C18H23BrSi2/c1-20(2,14-8-5-6-9-14)21(3,4)18-13-12-15-16(18)10-7-11-17(15)19/h5-14,18H,1-4H3. The van der Waals surface area contributed by atoms with Crippen LogP contribution in [-0.4, -0.2) is 15.2 Å². The summed E-state index contributed by atoms with van der Waals surface area (Å²) in [6.45, 7) is 10.4. The van der Waals surface area contributed by atoms with E-state index in [9.17, 15) is 0 Å². The Morgan fingerprint density at radius 2 is 1.57 bits per heavy atom. The molecule has 0 amide bonds. The molecule has 0 aliphatic heterocycles. The molecule has 3 heteroatoms. The summed E-state index contributed by atoms with van der Waals surface area (Å²) in [5, 5.41) is 0. The van der Waals surface area contributed by atoms with Crippen molar-refractivity contribution in [2.24, 2.45) is 0 Å². The Morgan fingerprint density at radius 1 is 0.905 bits per heavy atom. The maximum atomic E-state index is 3.71. The summed E-state index contributed by atoms with van der Waals surface area (Å²) in [5.74, 6) is 0. The zero-order valence-corrected chi connectivity index (χ0v) is 16.8. The van der Waals surface area contributed by atoms with Crippen molar-refractivity contribution in [2.75, 3.05) is 0 Å². The normalized spacial score (nSPS) is 21.3. The molecule has 3 rings (SSSR count). The second-order valence-corrected chi connectivity index (χ2v) is 24.1. The Hall–Kier alpha value is -0.646. The van der Waals surface area contributed by atoms with E-state index in [0.717, 1.165) is 0 Å². The number of allylic oxidation sites excluding steroid dienone is 5. The molecule has 0 saturated heterocycles. The lowest BCUT2D eigenvalue weighted by Gasteiger charge is -2.45. The molecule has 1 aromatic rings. The van der Waals surface area contributed by atoms with Gasteiger partial charge in [0.1, 0.15) is 0 Å². The summed E-state index contributed by atoms with van der Waals surface area (Å²) in [4.78, 5) is 0. The van der Waals surface area contributed by atoms with Gasteiger partial charge in [0.25, 0.3) is 0 Å². The molecular weight excluding hydrogens is 352 g/mol. The minimum absolute atomic E-state index is 0.661. The fourth-order valence-corrected chi connectivity index (χ4v) is 14.9. The third-order valence-electron chi connectivity index (χ3n) is 5.90. The number of hydrogen-bond donors (Lipinski definition) is 0. The Morgan fingerprint density at radius 3 is 2.24 bits per heavy atom. The molecule has 0 heterocycles. The van der Waals surface area contributed by atoms with Crippen LogP contribution in [0.4, 0.5) is 0 Å². The van der Waals surface area contributed by atoms with E-state index in [-0.39, 0.29) is 0 Å². The van der Waals surface area contributed by atoms with E-state index in [1.54, 1.807) is 5.56 Å². The van der Waals surface area contributed by atoms with Crippen LogP contribution < -0.4 is 0 Å². The Labute approximate surface area is 138 Å². The van der Waals surface area contributed by atoms with Crippen LogP contribution in [0.25, 0.3) is 6.08 Å². The lowest BCUT2D eigenvalue weighted by atomic mass is 10.1. The van der Waals surface area contributed by atoms with Crippen LogP contribution in [0.5, 0.6) is 0 Å². The first-order valence-electron chi connectivity index (χ1n) is 7.67. The Balaban J connectivity index is 2.01. The van der Waals surface area contributed by atoms with Gasteiger partial charge in [0.2, 0.25) is 0 Å². The molecule has 0 fully saturated rings. The minimum atomic E-state index is -1.41. The van der Waals surface area contributed by atoms with Crippen LogP contribution in [-0.2, 0) is 0 Å². The van der Waals surface area contributed by atoms with Gasteiger partial charge in [0.05, 0.1) is 15.2 Å². The number of benzene rings is 1. The third kappa shape index (κ3) is 2.30. The molecule has 110 valence electrons. The lowest BCUT2D eigenvalue weighted by Crippen LogP contribution is -2.60. The summed E-state index contributed by atoms with van der Waals surface area (Å²) in [6, 6.07) is 6.69. The highest BCUT2D eigenvalue weighted by Crippen LogP contribution is 2.47. The Kier molecular flexibility index (Phi) is 3.79. The SMILES string of the molecule is C[Si](C)(C1C=CC=C1)[Si](C)(C)C1C=Cc2c(Br)cccc21. The first-order valence-corrected chi connectivity index (χ1v) is 15.6. The summed E-state index contributed by atoms with van der Waals surface area (Å²) in [5.41, 5.74) is 4.33. The van der Waals surface area contributed by atoms with E-state index in [4.69, 9.17) is 0 Å². The molecule has 0 bridgehead atoms. The molecule has 1 unspecified atom stereocenters. The lowest BCUT2D eigenvalue weighted by molar-refractivity contribution is 1.16. The van der Waals surface area contributed by atoms with Gasteiger partial charge >= 0.3 is 0 Å². The van der Waals surface area contributed by atoms with Crippen LogP contribution in [0.1, 0.15) is 16.7 Å². The van der Waals surface area contributed by atoms with Gasteiger partial charge < -0.3 is 0 Å². The Bertz CT molecular complexity index is 641. The second-order valence-electron chi connectivity index (χ2n) is 7.32. The fourth-order valence-electron chi connectivity index (χ4n) is 3.67. The van der Waals surface area contributed by atoms with Crippen molar-refractivity contribution in [3.63, 3.8) is 0 Å². The number of rotatable bonds is 3. The minimum Gasteiger partial charge on any atom is -0.0806 e. The molecule has 2 aliphatic rings. The molecule has 0 nitrogen and oxygen atoms in total. The summed E-state index contributed by atoms with van der Waals surface area (Å²) >= 11 is 3.71. The largest absolute Gasteiger partial charge is 0.0806 e. The highest BCUT2D eigenvalue weighted by Gasteiger charge is 2.50. The predicted octanol–water partition coefficient (Wildman–Crippen LogP) is 6.09. The van der Waals surface area contributed by atoms with Gasteiger partial charge in [-0.05, 0) is 28.3 Å². The van der Waals surface area contributed by atoms with Gasteiger partial charge in [-0.3, -0.25) is 0 Å². The van der Waals surface area contributed by atoms with Crippen LogP contribution in [0.3, 0.4) is 0 Å². The maximum absolute atomic E-state index is 3.71. The summed E-state index contributed by atoms with van der Waals surface area (Å²) < 4.78 is 1.24. The molecule has 1 aromatic carbocycles. The summed E-state index contributed by atoms with van der Waals surface area (Å²) in [7, 11) is -2.76. The van der Waals surface area contributed by atoms with Crippen molar-refractivity contribution in [2.45, 2.75) is 37.3 Å². The smallest absolute Gasteiger partial charge is 0.0548 e. The van der Waals surface area contributed by atoms with Crippen molar-refractivity contribution in [1.29, 1.82) is 0 Å². The van der Waals surface area contributed by atoms with Crippen molar-refractivity contribution in [3.05, 3.63) is 64.2 Å². The van der Waals surface area contributed by atoms with E-state index in [1.807, 2.05) is 0 Å². The second kappa shape index (κ2) is 5.22. The van der Waals surface area contributed by atoms with E-state index in [2.05, 4.69) is 96.8 Å². The average Bonchev–Trinajstić information content (AvgIpc) is 3.09. The molecule has 0 saturated carbocycles. The van der Waals surface area contributed by atoms with E-state index < -0.39 is 15.2 Å². The van der Waals surface area contributed by atoms with E-state index in [0.29, 0.717) is 11.1 Å². The highest BCUT2D eigenvalue weighted by molar-refractivity contribution is 9.10. The fraction of sp³-hybridized carbons (Fsp3) is 0.333. The maximum Gasteiger partial charge on any atom is 0.0548 e. The van der Waals surface area contributed by atoms with E-state index >= 15 is 0 Å². The van der Waals surface area contributed by atoms with Crippen LogP contribution in [0.15, 0.2) is 53.1 Å². The number of fused-ring (bicyclic) bond motifs is 1. The molecule has 0 N–H and O–H groups in total. The quantitative estimate of drug-likeness (QED) is 0.561. The molecule has 21 heavy (non-hydrogen) atoms. The van der Waals surface area contributed by atoms with Gasteiger partial charge in [-0.2, -0.15) is 0 Å². The average molecular weight is 375 g/mol. The zero-order chi connectivity index (χ0) is 15.3. The molecule has 0 spiro atoms. The molecule has 1 atom stereocenters. The summed E-state index contributed by atoms with van der Waals surface area (Å²) in [6.07, 6.45) is 14.2. The van der Waals surface area contributed by atoms with Gasteiger partial charge in [-0.15, -0.1) is 0 Å². The van der Waals surface area contributed by atoms with Crippen LogP contribution in [0, 0.1) is 0 Å². The molecule has 2 aliphatic carbocycles. The highest BCUT2D eigenvalue weighted by atomic mass is 79.9. The monoisotopic (exact) mass is 374 g/mol. The number of halogens is 1. The molecular formula is C18H23BrSi2. The first-order chi connectivity index (χ1) is 9.85. The zero-order valence-electron chi connectivity index (χ0n) is 13.2. The van der Waals surface area contributed by atoms with Crippen molar-refractivity contribution in [1.82, 2.24) is 0 Å². The van der Waals surface area contributed by atoms with Crippen molar-refractivity contribution < 1.29 is 0 Å². The van der Waals surface area contributed by atoms with Crippen molar-refractivity contribution in [3.8, 4) is 0 Å². The van der Waals surface area contributed by atoms with Crippen LogP contribution >= 0.6 is 15.9 Å². The van der Waals surface area contributed by atoms with Crippen molar-refractivity contribution >= 4 is 37.2 Å². The van der Waals surface area contributed by atoms with Gasteiger partial charge in [-0.25, -0.2) is 0 Å². The third-order valence-corrected chi connectivity index (χ3v) is 25.9.